The molecule has 0 fully saturated rings. The van der Waals surface area contributed by atoms with Crippen molar-refractivity contribution in [3.8, 4) is 33.4 Å². The fraction of sp³-hybridized carbons (Fsp3) is 0.119. The van der Waals surface area contributed by atoms with Gasteiger partial charge in [-0.2, -0.15) is 0 Å². The van der Waals surface area contributed by atoms with Crippen LogP contribution in [0.2, 0.25) is 0 Å². The van der Waals surface area contributed by atoms with Crippen LogP contribution in [0.15, 0.2) is 157 Å². The van der Waals surface area contributed by atoms with E-state index in [1.165, 1.54) is 55.6 Å². The first-order chi connectivity index (χ1) is 21.6. The van der Waals surface area contributed by atoms with E-state index in [1.807, 2.05) is 6.07 Å². The third kappa shape index (κ3) is 5.03. The van der Waals surface area contributed by atoms with Crippen LogP contribution in [0.4, 0.5) is 0 Å². The summed E-state index contributed by atoms with van der Waals surface area (Å²) >= 11 is 0. The summed E-state index contributed by atoms with van der Waals surface area (Å²) in [5, 5.41) is 3.43. The standard InChI is InChI=1S/C42H36N2/c1-3-43-41(31-15-6-4-7-16-31)44-29-30-14-12-17-32(26-30)33-18-13-19-34(27-33)35-24-25-38-37-22-10-11-23-39(37)42(2,40(38)28-35)36-20-8-5-9-21-36/h4-28H,3,29H2,1-2H3,(H,43,44). The monoisotopic (exact) mass is 568 g/mol. The van der Waals surface area contributed by atoms with Gasteiger partial charge in [0.2, 0.25) is 0 Å². The molecule has 0 amide bonds. The summed E-state index contributed by atoms with van der Waals surface area (Å²) in [5.41, 5.74) is 13.7. The predicted molar refractivity (Wildman–Crippen MR) is 185 cm³/mol. The molecular formula is C42H36N2. The van der Waals surface area contributed by atoms with E-state index in [9.17, 15) is 0 Å². The number of hydrogen-bond acceptors (Lipinski definition) is 1. The fourth-order valence-electron chi connectivity index (χ4n) is 6.66. The first-order valence-corrected chi connectivity index (χ1v) is 15.5. The summed E-state index contributed by atoms with van der Waals surface area (Å²) in [6.45, 7) is 5.93. The average molecular weight is 569 g/mol. The van der Waals surface area contributed by atoms with Crippen molar-refractivity contribution in [1.82, 2.24) is 5.32 Å². The number of nitrogens with zero attached hydrogens (tertiary/aromatic N) is 1. The summed E-state index contributed by atoms with van der Waals surface area (Å²) in [6, 6.07) is 54.8. The van der Waals surface area contributed by atoms with Crippen LogP contribution >= 0.6 is 0 Å². The van der Waals surface area contributed by atoms with Crippen molar-refractivity contribution >= 4 is 5.84 Å². The van der Waals surface area contributed by atoms with Crippen molar-refractivity contribution in [2.45, 2.75) is 25.8 Å². The second-order valence-corrected chi connectivity index (χ2v) is 11.6. The average Bonchev–Trinajstić information content (AvgIpc) is 3.36. The van der Waals surface area contributed by atoms with E-state index in [4.69, 9.17) is 4.99 Å². The zero-order valence-corrected chi connectivity index (χ0v) is 25.3. The number of hydrogen-bond donors (Lipinski definition) is 1. The van der Waals surface area contributed by atoms with Crippen LogP contribution in [0.1, 0.15) is 41.7 Å². The molecule has 214 valence electrons. The van der Waals surface area contributed by atoms with E-state index in [0.29, 0.717) is 6.54 Å². The van der Waals surface area contributed by atoms with Gasteiger partial charge in [-0.1, -0.05) is 133 Å². The highest BCUT2D eigenvalue weighted by Gasteiger charge is 2.40. The van der Waals surface area contributed by atoms with Crippen LogP contribution in [0.3, 0.4) is 0 Å². The van der Waals surface area contributed by atoms with Crippen LogP contribution in [0, 0.1) is 0 Å². The lowest BCUT2D eigenvalue weighted by atomic mass is 9.74. The van der Waals surface area contributed by atoms with Gasteiger partial charge in [0.1, 0.15) is 5.84 Å². The number of nitrogens with one attached hydrogen (secondary N) is 1. The number of benzene rings is 6. The molecule has 0 spiro atoms. The maximum absolute atomic E-state index is 4.95. The molecule has 1 unspecified atom stereocenters. The molecule has 0 saturated carbocycles. The van der Waals surface area contributed by atoms with Crippen LogP contribution in [0.25, 0.3) is 33.4 Å². The summed E-state index contributed by atoms with van der Waals surface area (Å²) in [7, 11) is 0. The molecule has 44 heavy (non-hydrogen) atoms. The molecule has 0 radical (unpaired) electrons. The van der Waals surface area contributed by atoms with Crippen molar-refractivity contribution in [3.63, 3.8) is 0 Å². The van der Waals surface area contributed by atoms with Gasteiger partial charge in [-0.25, -0.2) is 0 Å². The SMILES string of the molecule is CCNC(=NCc1cccc(-c2cccc(-c3ccc4c(c3)C(C)(c3ccccc3)c3ccccc3-4)c2)c1)c1ccccc1. The summed E-state index contributed by atoms with van der Waals surface area (Å²) in [4.78, 5) is 4.95. The lowest BCUT2D eigenvalue weighted by Crippen LogP contribution is -2.24. The summed E-state index contributed by atoms with van der Waals surface area (Å²) < 4.78 is 0. The largest absolute Gasteiger partial charge is 0.370 e. The smallest absolute Gasteiger partial charge is 0.128 e. The number of aliphatic imine (C=N–C) groups is 1. The maximum Gasteiger partial charge on any atom is 0.128 e. The molecule has 1 atom stereocenters. The highest BCUT2D eigenvalue weighted by Crippen LogP contribution is 2.53. The lowest BCUT2D eigenvalue weighted by molar-refractivity contribution is 0.714. The van der Waals surface area contributed by atoms with E-state index in [2.05, 4.69) is 165 Å². The molecule has 1 aliphatic rings. The van der Waals surface area contributed by atoms with E-state index < -0.39 is 0 Å². The third-order valence-corrected chi connectivity index (χ3v) is 8.93. The second-order valence-electron chi connectivity index (χ2n) is 11.6. The van der Waals surface area contributed by atoms with Gasteiger partial charge in [0, 0.05) is 17.5 Å². The molecule has 6 aromatic rings. The van der Waals surface area contributed by atoms with Crippen molar-refractivity contribution in [2.75, 3.05) is 6.54 Å². The van der Waals surface area contributed by atoms with Crippen molar-refractivity contribution < 1.29 is 0 Å². The Labute approximate surface area is 260 Å². The van der Waals surface area contributed by atoms with Crippen LogP contribution in [-0.2, 0) is 12.0 Å². The molecule has 0 aliphatic heterocycles. The highest BCUT2D eigenvalue weighted by molar-refractivity contribution is 5.98. The maximum atomic E-state index is 4.95. The Hall–Kier alpha value is -5.21. The van der Waals surface area contributed by atoms with Crippen molar-refractivity contribution in [3.05, 3.63) is 179 Å². The molecule has 0 bridgehead atoms. The van der Waals surface area contributed by atoms with Crippen molar-refractivity contribution in [2.24, 2.45) is 4.99 Å². The zero-order chi connectivity index (χ0) is 29.9. The van der Waals surface area contributed by atoms with Gasteiger partial charge in [0.15, 0.2) is 0 Å². The molecule has 2 nitrogen and oxygen atoms in total. The van der Waals surface area contributed by atoms with Gasteiger partial charge in [0.05, 0.1) is 6.54 Å². The van der Waals surface area contributed by atoms with E-state index >= 15 is 0 Å². The molecule has 0 aromatic heterocycles. The Bertz CT molecular complexity index is 1960. The minimum atomic E-state index is -0.207. The Balaban J connectivity index is 1.22. The topological polar surface area (TPSA) is 24.4 Å². The van der Waals surface area contributed by atoms with Crippen molar-refractivity contribution in [1.29, 1.82) is 0 Å². The minimum absolute atomic E-state index is 0.207. The highest BCUT2D eigenvalue weighted by atomic mass is 15.0. The van der Waals surface area contributed by atoms with Gasteiger partial charge in [-0.15, -0.1) is 0 Å². The fourth-order valence-corrected chi connectivity index (χ4v) is 6.66. The lowest BCUT2D eigenvalue weighted by Gasteiger charge is -2.28. The molecule has 0 heterocycles. The molecule has 1 N–H and O–H groups in total. The minimum Gasteiger partial charge on any atom is -0.370 e. The third-order valence-electron chi connectivity index (χ3n) is 8.93. The second kappa shape index (κ2) is 11.8. The summed E-state index contributed by atoms with van der Waals surface area (Å²) in [6.07, 6.45) is 0. The molecule has 7 rings (SSSR count). The summed E-state index contributed by atoms with van der Waals surface area (Å²) in [5.74, 6) is 0.932. The van der Waals surface area contributed by atoms with E-state index in [1.54, 1.807) is 0 Å². The number of fused-ring (bicyclic) bond motifs is 3. The first-order valence-electron chi connectivity index (χ1n) is 15.5. The Morgan fingerprint density at radius 1 is 0.568 bits per heavy atom. The number of amidine groups is 1. The van der Waals surface area contributed by atoms with Gasteiger partial charge in [-0.05, 0) is 87.7 Å². The van der Waals surface area contributed by atoms with Crippen LogP contribution in [0.5, 0.6) is 0 Å². The Morgan fingerprint density at radius 2 is 1.18 bits per heavy atom. The predicted octanol–water partition coefficient (Wildman–Crippen LogP) is 9.91. The Morgan fingerprint density at radius 3 is 1.93 bits per heavy atom. The molecule has 2 heteroatoms. The Kier molecular flexibility index (Phi) is 7.42. The van der Waals surface area contributed by atoms with Crippen LogP contribution < -0.4 is 5.32 Å². The quantitative estimate of drug-likeness (QED) is 0.150. The van der Waals surface area contributed by atoms with E-state index in [0.717, 1.165) is 17.9 Å². The molecule has 1 aliphatic carbocycles. The molecule has 0 saturated heterocycles. The van der Waals surface area contributed by atoms with Gasteiger partial charge >= 0.3 is 0 Å². The molecule has 6 aromatic carbocycles. The molecular weight excluding hydrogens is 532 g/mol. The number of rotatable bonds is 7. The van der Waals surface area contributed by atoms with Gasteiger partial charge < -0.3 is 5.32 Å². The first kappa shape index (κ1) is 27.6. The normalized spacial score (nSPS) is 15.5. The van der Waals surface area contributed by atoms with Gasteiger partial charge in [0.25, 0.3) is 0 Å². The van der Waals surface area contributed by atoms with Crippen LogP contribution in [-0.4, -0.2) is 12.4 Å². The van der Waals surface area contributed by atoms with Gasteiger partial charge in [-0.3, -0.25) is 4.99 Å². The zero-order valence-electron chi connectivity index (χ0n) is 25.3. The van der Waals surface area contributed by atoms with E-state index in [-0.39, 0.29) is 5.41 Å².